The van der Waals surface area contributed by atoms with Crippen molar-refractivity contribution in [2.45, 2.75) is 0 Å². The lowest BCUT2D eigenvalue weighted by molar-refractivity contribution is 1.00. The number of anilines is 2. The number of nitrogens with one attached hydrogen (secondary N) is 1. The van der Waals surface area contributed by atoms with Crippen LogP contribution in [0.25, 0.3) is 32.8 Å². The van der Waals surface area contributed by atoms with Crippen LogP contribution in [-0.2, 0) is 0 Å². The molecule has 0 saturated heterocycles. The second kappa shape index (κ2) is 9.31. The molecule has 31 heavy (non-hydrogen) atoms. The number of hydrogen-bond donors (Lipinski definition) is 3. The highest BCUT2D eigenvalue weighted by Crippen LogP contribution is 2.28. The standard InChI is InChI=1S/C14H12N4.C8H7ClN4/c15-16-14-12-9-5-4-8-11(12)13(17-18-14)10-6-2-1-3-7-10;9-13(10)8-7-4-2-1-3-6(7)5-11-12-8/h1-9H,15H2,(H,16,18);1-5H,10H2. The zero-order valence-electron chi connectivity index (χ0n) is 16.4. The normalized spacial score (nSPS) is 10.4. The SMILES string of the molecule is NN(Cl)c1nncc2ccccc12.NNc1nnc(-c2ccccc2)c2ccccc12. The zero-order chi connectivity index (χ0) is 21.6. The summed E-state index contributed by atoms with van der Waals surface area (Å²) in [5.41, 5.74) is 4.49. The smallest absolute Gasteiger partial charge is 0.188 e. The van der Waals surface area contributed by atoms with Crippen LogP contribution < -0.4 is 21.6 Å². The van der Waals surface area contributed by atoms with Crippen LogP contribution in [0.15, 0.2) is 85.1 Å². The Balaban J connectivity index is 0.000000158. The summed E-state index contributed by atoms with van der Waals surface area (Å²) < 4.78 is 0.940. The van der Waals surface area contributed by atoms with Crippen LogP contribution in [-0.4, -0.2) is 20.4 Å². The second-order valence-electron chi connectivity index (χ2n) is 6.52. The van der Waals surface area contributed by atoms with Gasteiger partial charge in [-0.1, -0.05) is 78.9 Å². The van der Waals surface area contributed by atoms with Crippen LogP contribution >= 0.6 is 11.8 Å². The summed E-state index contributed by atoms with van der Waals surface area (Å²) >= 11 is 5.59. The fourth-order valence-electron chi connectivity index (χ4n) is 3.19. The maximum absolute atomic E-state index is 5.59. The molecule has 0 radical (unpaired) electrons. The van der Waals surface area contributed by atoms with E-state index in [1.54, 1.807) is 6.20 Å². The van der Waals surface area contributed by atoms with Gasteiger partial charge >= 0.3 is 0 Å². The number of rotatable bonds is 3. The lowest BCUT2D eigenvalue weighted by Gasteiger charge is -2.08. The van der Waals surface area contributed by atoms with Gasteiger partial charge in [0.1, 0.15) is 5.69 Å². The molecule has 0 aliphatic heterocycles. The highest BCUT2D eigenvalue weighted by atomic mass is 35.5. The van der Waals surface area contributed by atoms with Crippen LogP contribution in [0.2, 0.25) is 0 Å². The van der Waals surface area contributed by atoms with Crippen LogP contribution in [0.3, 0.4) is 0 Å². The van der Waals surface area contributed by atoms with Gasteiger partial charge in [0.05, 0.1) is 6.20 Å². The average molecular weight is 431 g/mol. The fourth-order valence-corrected chi connectivity index (χ4v) is 3.32. The summed E-state index contributed by atoms with van der Waals surface area (Å²) in [5.74, 6) is 11.9. The molecule has 0 spiro atoms. The predicted octanol–water partition coefficient (Wildman–Crippen LogP) is 4.05. The lowest BCUT2D eigenvalue weighted by Crippen LogP contribution is -2.20. The van der Waals surface area contributed by atoms with Gasteiger partial charge in [0.2, 0.25) is 0 Å². The zero-order valence-corrected chi connectivity index (χ0v) is 17.1. The third kappa shape index (κ3) is 4.36. The molecule has 2 heterocycles. The van der Waals surface area contributed by atoms with Crippen molar-refractivity contribution in [2.24, 2.45) is 11.7 Å². The first-order valence-corrected chi connectivity index (χ1v) is 9.71. The topological polar surface area (TPSA) is 119 Å². The molecule has 0 unspecified atom stereocenters. The monoisotopic (exact) mass is 430 g/mol. The Labute approximate surface area is 183 Å². The van der Waals surface area contributed by atoms with Crippen molar-refractivity contribution < 1.29 is 0 Å². The highest BCUT2D eigenvalue weighted by molar-refractivity contribution is 6.26. The first kappa shape index (κ1) is 20.4. The van der Waals surface area contributed by atoms with Gasteiger partial charge in [0.25, 0.3) is 0 Å². The van der Waals surface area contributed by atoms with Gasteiger partial charge in [0, 0.05) is 38.9 Å². The Morgan fingerprint density at radius 1 is 0.742 bits per heavy atom. The molecule has 8 nitrogen and oxygen atoms in total. The lowest BCUT2D eigenvalue weighted by atomic mass is 10.0. The molecule has 5 rings (SSSR count). The molecule has 154 valence electrons. The largest absolute Gasteiger partial charge is 0.306 e. The molecule has 0 atom stereocenters. The van der Waals surface area contributed by atoms with E-state index >= 15 is 0 Å². The number of nitrogens with two attached hydrogens (primary N) is 2. The number of aromatic nitrogens is 4. The van der Waals surface area contributed by atoms with Gasteiger partial charge in [-0.25, -0.2) is 11.7 Å². The Morgan fingerprint density at radius 2 is 1.39 bits per heavy atom. The van der Waals surface area contributed by atoms with E-state index in [0.717, 1.165) is 37.3 Å². The van der Waals surface area contributed by atoms with Crippen LogP contribution in [0, 0.1) is 0 Å². The van der Waals surface area contributed by atoms with Crippen molar-refractivity contribution in [3.63, 3.8) is 0 Å². The van der Waals surface area contributed by atoms with Crippen LogP contribution in [0.5, 0.6) is 0 Å². The number of halogens is 1. The third-order valence-corrected chi connectivity index (χ3v) is 4.78. The van der Waals surface area contributed by atoms with Crippen molar-refractivity contribution in [3.05, 3.63) is 85.1 Å². The van der Waals surface area contributed by atoms with Gasteiger partial charge in [-0.2, -0.15) is 9.63 Å². The number of benzene rings is 3. The van der Waals surface area contributed by atoms with Gasteiger partial charge in [-0.05, 0) is 0 Å². The van der Waals surface area contributed by atoms with E-state index in [-0.39, 0.29) is 0 Å². The summed E-state index contributed by atoms with van der Waals surface area (Å²) in [7, 11) is 0. The van der Waals surface area contributed by atoms with E-state index in [1.807, 2.05) is 78.9 Å². The molecule has 2 aromatic heterocycles. The molecule has 3 aromatic carbocycles. The first-order chi connectivity index (χ1) is 15.2. The number of nitrogen functional groups attached to an aromatic ring is 1. The van der Waals surface area contributed by atoms with Crippen LogP contribution in [0.4, 0.5) is 11.6 Å². The van der Waals surface area contributed by atoms with E-state index in [2.05, 4.69) is 25.8 Å². The van der Waals surface area contributed by atoms with Crippen molar-refractivity contribution in [1.29, 1.82) is 0 Å². The molecule has 0 saturated carbocycles. The number of fused-ring (bicyclic) bond motifs is 2. The molecule has 0 bridgehead atoms. The van der Waals surface area contributed by atoms with Crippen molar-refractivity contribution in [3.8, 4) is 11.3 Å². The van der Waals surface area contributed by atoms with E-state index in [4.69, 9.17) is 23.5 Å². The minimum Gasteiger partial charge on any atom is -0.306 e. The van der Waals surface area contributed by atoms with Crippen molar-refractivity contribution in [1.82, 2.24) is 20.4 Å². The molecule has 5 aromatic rings. The summed E-state index contributed by atoms with van der Waals surface area (Å²) in [6.07, 6.45) is 1.67. The highest BCUT2D eigenvalue weighted by Gasteiger charge is 2.09. The minimum atomic E-state index is 0.458. The Hall–Kier alpha value is -3.85. The molecule has 5 N–H and O–H groups in total. The molecular formula is C22H19ClN8. The number of nitrogens with zero attached hydrogens (tertiary/aromatic N) is 5. The molecule has 0 amide bonds. The van der Waals surface area contributed by atoms with Crippen LogP contribution in [0.1, 0.15) is 0 Å². The van der Waals surface area contributed by atoms with E-state index in [0.29, 0.717) is 11.6 Å². The molecule has 0 aliphatic carbocycles. The first-order valence-electron chi connectivity index (χ1n) is 9.37. The van der Waals surface area contributed by atoms with Gasteiger partial charge < -0.3 is 5.43 Å². The maximum atomic E-state index is 5.59. The van der Waals surface area contributed by atoms with Crippen molar-refractivity contribution in [2.75, 3.05) is 9.95 Å². The van der Waals surface area contributed by atoms with Gasteiger partial charge in [-0.3, -0.25) is 0 Å². The van der Waals surface area contributed by atoms with Crippen molar-refractivity contribution >= 4 is 45.0 Å². The molecule has 9 heteroatoms. The second-order valence-corrected chi connectivity index (χ2v) is 6.88. The fraction of sp³-hybridized carbons (Fsp3) is 0. The minimum absolute atomic E-state index is 0.458. The maximum Gasteiger partial charge on any atom is 0.188 e. The van der Waals surface area contributed by atoms with Gasteiger partial charge in [0.15, 0.2) is 11.6 Å². The quantitative estimate of drug-likeness (QED) is 0.223. The van der Waals surface area contributed by atoms with E-state index in [9.17, 15) is 0 Å². The van der Waals surface area contributed by atoms with E-state index < -0.39 is 0 Å². The van der Waals surface area contributed by atoms with E-state index in [1.165, 1.54) is 0 Å². The molecular weight excluding hydrogens is 412 g/mol. The average Bonchev–Trinajstić information content (AvgIpc) is 2.84. The Kier molecular flexibility index (Phi) is 6.13. The number of hydrazine groups is 2. The Morgan fingerprint density at radius 3 is 2.10 bits per heavy atom. The summed E-state index contributed by atoms with van der Waals surface area (Å²) in [4.78, 5) is 0. The summed E-state index contributed by atoms with van der Waals surface area (Å²) in [6, 6.07) is 25.6. The van der Waals surface area contributed by atoms with Gasteiger partial charge in [-0.15, -0.1) is 15.3 Å². The predicted molar refractivity (Wildman–Crippen MR) is 125 cm³/mol. The molecule has 0 fully saturated rings. The Bertz CT molecular complexity index is 1310. The number of hydrogen-bond acceptors (Lipinski definition) is 8. The summed E-state index contributed by atoms with van der Waals surface area (Å²) in [6.45, 7) is 0. The molecule has 0 aliphatic rings. The summed E-state index contributed by atoms with van der Waals surface area (Å²) in [5, 5.41) is 19.8. The third-order valence-electron chi connectivity index (χ3n) is 4.62.